The smallest absolute Gasteiger partial charge is 0.294 e. The van der Waals surface area contributed by atoms with Crippen LogP contribution in [0.1, 0.15) is 37.0 Å². The number of hydrogen-bond donors (Lipinski definition) is 3. The minimum atomic E-state index is -0.512. The molecule has 0 fully saturated rings. The Labute approximate surface area is 147 Å². The van der Waals surface area contributed by atoms with E-state index in [0.29, 0.717) is 16.8 Å². The molecular formula is C19H22N4O2. The van der Waals surface area contributed by atoms with Crippen molar-refractivity contribution in [3.05, 3.63) is 53.3 Å². The average molecular weight is 338 g/mol. The third-order valence-electron chi connectivity index (χ3n) is 3.75. The van der Waals surface area contributed by atoms with Gasteiger partial charge in [0, 0.05) is 29.6 Å². The highest BCUT2D eigenvalue weighted by atomic mass is 16.2. The van der Waals surface area contributed by atoms with Crippen LogP contribution >= 0.6 is 0 Å². The maximum Gasteiger partial charge on any atom is 0.294 e. The lowest BCUT2D eigenvalue weighted by Gasteiger charge is -2.07. The summed E-state index contributed by atoms with van der Waals surface area (Å²) in [5, 5.41) is 13.2. The maximum absolute atomic E-state index is 12.3. The van der Waals surface area contributed by atoms with Crippen LogP contribution in [0, 0.1) is 5.41 Å². The van der Waals surface area contributed by atoms with E-state index in [1.54, 1.807) is 25.1 Å². The summed E-state index contributed by atoms with van der Waals surface area (Å²) in [4.78, 5) is 28.1. The Balaban J connectivity index is 2.01. The number of nitrogens with zero attached hydrogens (tertiary/aromatic N) is 1. The number of nitrogens with one attached hydrogen (secondary N) is 3. The number of rotatable bonds is 8. The number of aliphatic imine (C=N–C) groups is 1. The molecule has 0 spiro atoms. The summed E-state index contributed by atoms with van der Waals surface area (Å²) < 4.78 is 0. The van der Waals surface area contributed by atoms with Gasteiger partial charge in [-0.05, 0) is 43.7 Å². The lowest BCUT2D eigenvalue weighted by molar-refractivity contribution is -0.114. The van der Waals surface area contributed by atoms with Crippen LogP contribution in [0.5, 0.6) is 0 Å². The van der Waals surface area contributed by atoms with Crippen molar-refractivity contribution in [2.24, 2.45) is 4.99 Å². The van der Waals surface area contributed by atoms with E-state index in [4.69, 9.17) is 5.41 Å². The predicted octanol–water partition coefficient (Wildman–Crippen LogP) is 3.09. The lowest BCUT2D eigenvalue weighted by atomic mass is 10.1. The van der Waals surface area contributed by atoms with Gasteiger partial charge >= 0.3 is 0 Å². The van der Waals surface area contributed by atoms with Crippen LogP contribution < -0.4 is 10.6 Å². The van der Waals surface area contributed by atoms with Crippen molar-refractivity contribution < 1.29 is 9.59 Å². The number of carbonyl (C=O) groups excluding carboxylic acids is 2. The Bertz CT molecular complexity index is 758. The number of benzene rings is 1. The van der Waals surface area contributed by atoms with Gasteiger partial charge in [0.15, 0.2) is 0 Å². The Morgan fingerprint density at radius 1 is 1.28 bits per heavy atom. The van der Waals surface area contributed by atoms with Gasteiger partial charge in [0.25, 0.3) is 11.8 Å². The first-order valence-electron chi connectivity index (χ1n) is 8.26. The quantitative estimate of drug-likeness (QED) is 0.502. The largest absolute Gasteiger partial charge is 0.385 e. The minimum Gasteiger partial charge on any atom is -0.385 e. The third kappa shape index (κ3) is 4.73. The molecule has 0 saturated heterocycles. The van der Waals surface area contributed by atoms with Crippen molar-refractivity contribution >= 4 is 29.4 Å². The fourth-order valence-corrected chi connectivity index (χ4v) is 2.29. The van der Waals surface area contributed by atoms with Crippen molar-refractivity contribution in [1.29, 1.82) is 5.41 Å². The number of allylic oxidation sites excluding steroid dienone is 3. The monoisotopic (exact) mass is 338 g/mol. The van der Waals surface area contributed by atoms with Gasteiger partial charge in [-0.2, -0.15) is 0 Å². The lowest BCUT2D eigenvalue weighted by Crippen LogP contribution is -2.25. The molecule has 0 bridgehead atoms. The van der Waals surface area contributed by atoms with Gasteiger partial charge in [0.05, 0.1) is 5.71 Å². The van der Waals surface area contributed by atoms with E-state index in [-0.39, 0.29) is 11.6 Å². The highest BCUT2D eigenvalue weighted by Gasteiger charge is 2.21. The number of anilines is 1. The van der Waals surface area contributed by atoms with E-state index in [2.05, 4.69) is 22.5 Å². The topological polar surface area (TPSA) is 94.4 Å². The molecule has 0 radical (unpaired) electrons. The molecule has 6 nitrogen and oxygen atoms in total. The second kappa shape index (κ2) is 8.73. The Kier molecular flexibility index (Phi) is 6.39. The Morgan fingerprint density at radius 3 is 2.60 bits per heavy atom. The molecular weight excluding hydrogens is 316 g/mol. The highest BCUT2D eigenvalue weighted by molar-refractivity contribution is 6.29. The van der Waals surface area contributed by atoms with Crippen molar-refractivity contribution in [2.75, 3.05) is 11.9 Å². The van der Waals surface area contributed by atoms with Gasteiger partial charge in [0.1, 0.15) is 5.70 Å². The van der Waals surface area contributed by atoms with E-state index in [0.717, 1.165) is 31.3 Å². The van der Waals surface area contributed by atoms with E-state index in [9.17, 15) is 9.59 Å². The number of carbonyl (C=O) groups is 2. The molecule has 0 aliphatic carbocycles. The first-order chi connectivity index (χ1) is 12.1. The first-order valence-corrected chi connectivity index (χ1v) is 8.26. The molecule has 6 heteroatoms. The summed E-state index contributed by atoms with van der Waals surface area (Å²) in [6.07, 6.45) is 6.50. The van der Waals surface area contributed by atoms with Gasteiger partial charge in [-0.15, -0.1) is 0 Å². The second-order valence-electron chi connectivity index (χ2n) is 5.56. The predicted molar refractivity (Wildman–Crippen MR) is 100 cm³/mol. The summed E-state index contributed by atoms with van der Waals surface area (Å²) in [5.41, 5.74) is 2.44. The molecule has 0 unspecified atom stereocenters. The van der Waals surface area contributed by atoms with Crippen molar-refractivity contribution in [1.82, 2.24) is 5.32 Å². The van der Waals surface area contributed by atoms with Crippen molar-refractivity contribution in [2.45, 2.75) is 26.7 Å². The molecule has 2 rings (SSSR count). The molecule has 2 amide bonds. The van der Waals surface area contributed by atoms with Crippen LogP contribution in [0.2, 0.25) is 0 Å². The fourth-order valence-electron chi connectivity index (χ4n) is 2.29. The summed E-state index contributed by atoms with van der Waals surface area (Å²) in [7, 11) is 0. The zero-order valence-corrected chi connectivity index (χ0v) is 14.4. The first kappa shape index (κ1) is 18.3. The zero-order valence-electron chi connectivity index (χ0n) is 14.4. The summed E-state index contributed by atoms with van der Waals surface area (Å²) in [6.45, 7) is 4.78. The molecule has 1 aromatic carbocycles. The standard InChI is InChI=1S/C19H22N4O2/c1-3-5-10-21-15-8-6-14(7-9-15)18(24)23-17-11-16(22-19(17)25)13(4-2)12-20/h4,6-9,11-12,20-21H,3,5,10H2,1-2H3,(H,22,23,24,25)/b13-4+,20-12?. The summed E-state index contributed by atoms with van der Waals surface area (Å²) in [6, 6.07) is 7.09. The van der Waals surface area contributed by atoms with E-state index < -0.39 is 5.91 Å². The van der Waals surface area contributed by atoms with Crippen LogP contribution in [-0.4, -0.2) is 30.3 Å². The van der Waals surface area contributed by atoms with E-state index >= 15 is 0 Å². The Morgan fingerprint density at radius 2 is 2.00 bits per heavy atom. The van der Waals surface area contributed by atoms with Gasteiger partial charge in [-0.25, -0.2) is 4.99 Å². The molecule has 1 aromatic rings. The summed E-state index contributed by atoms with van der Waals surface area (Å²) in [5.74, 6) is -0.879. The number of unbranched alkanes of at least 4 members (excludes halogenated alkanes) is 1. The van der Waals surface area contributed by atoms with Gasteiger partial charge < -0.3 is 16.0 Å². The molecule has 130 valence electrons. The van der Waals surface area contributed by atoms with Crippen LogP contribution in [0.25, 0.3) is 0 Å². The minimum absolute atomic E-state index is 0.117. The zero-order chi connectivity index (χ0) is 18.2. The van der Waals surface area contributed by atoms with Gasteiger partial charge in [0.2, 0.25) is 0 Å². The highest BCUT2D eigenvalue weighted by Crippen LogP contribution is 2.13. The normalized spacial score (nSPS) is 14.0. The van der Waals surface area contributed by atoms with Gasteiger partial charge in [-0.3, -0.25) is 9.59 Å². The van der Waals surface area contributed by atoms with E-state index in [1.807, 2.05) is 12.1 Å². The fraction of sp³-hybridized carbons (Fsp3) is 0.263. The van der Waals surface area contributed by atoms with Crippen LogP contribution in [-0.2, 0) is 4.79 Å². The van der Waals surface area contributed by atoms with Crippen LogP contribution in [0.3, 0.4) is 0 Å². The Hall–Kier alpha value is -3.02. The molecule has 0 aromatic heterocycles. The van der Waals surface area contributed by atoms with Gasteiger partial charge in [-0.1, -0.05) is 19.4 Å². The van der Waals surface area contributed by atoms with Crippen LogP contribution in [0.4, 0.5) is 5.69 Å². The second-order valence-corrected chi connectivity index (χ2v) is 5.56. The molecule has 1 aliphatic rings. The summed E-state index contributed by atoms with van der Waals surface area (Å²) >= 11 is 0. The average Bonchev–Trinajstić information content (AvgIpc) is 2.97. The van der Waals surface area contributed by atoms with Crippen molar-refractivity contribution in [3.63, 3.8) is 0 Å². The van der Waals surface area contributed by atoms with Crippen molar-refractivity contribution in [3.8, 4) is 0 Å². The van der Waals surface area contributed by atoms with E-state index in [1.165, 1.54) is 6.08 Å². The van der Waals surface area contributed by atoms with Crippen LogP contribution in [0.15, 0.2) is 52.7 Å². The molecule has 1 heterocycles. The SMILES string of the molecule is C/C=C(\C=N)C1=NC(=O)C(NC(=O)c2ccc(NCCCC)cc2)=C1. The molecule has 0 saturated carbocycles. The molecule has 3 N–H and O–H groups in total. The maximum atomic E-state index is 12.3. The number of amides is 2. The molecule has 25 heavy (non-hydrogen) atoms. The third-order valence-corrected chi connectivity index (χ3v) is 3.75. The molecule has 1 aliphatic heterocycles. The number of hydrogen-bond acceptors (Lipinski definition) is 4. The molecule has 0 atom stereocenters.